The highest BCUT2D eigenvalue weighted by Crippen LogP contribution is 2.24. The van der Waals surface area contributed by atoms with Gasteiger partial charge in [0.15, 0.2) is 12.4 Å². The molecule has 0 saturated carbocycles. The molecule has 1 heterocycles. The molecular weight excluding hydrogens is 538 g/mol. The van der Waals surface area contributed by atoms with Crippen LogP contribution < -0.4 is 20.1 Å². The largest absolute Gasteiger partial charge is 0.497 e. The molecule has 7 nitrogen and oxygen atoms in total. The molecule has 0 aliphatic heterocycles. The fourth-order valence-electron chi connectivity index (χ4n) is 4.23. The molecule has 0 aliphatic carbocycles. The summed E-state index contributed by atoms with van der Waals surface area (Å²) in [6.07, 6.45) is 9.12. The lowest BCUT2D eigenvalue weighted by Gasteiger charge is -2.10. The number of rotatable bonds is 15. The number of fused-ring (bicyclic) bond motifs is 1. The van der Waals surface area contributed by atoms with Gasteiger partial charge in [-0.1, -0.05) is 42.7 Å². The molecule has 0 radical (unpaired) electrons. The number of ether oxygens (including phenoxy) is 2. The number of halogens is 1. The van der Waals surface area contributed by atoms with Crippen molar-refractivity contribution >= 4 is 46.0 Å². The summed E-state index contributed by atoms with van der Waals surface area (Å²) in [5, 5.41) is 8.13. The molecule has 8 heteroatoms. The molecule has 1 amide bonds. The number of aromatic nitrogens is 1. The van der Waals surface area contributed by atoms with E-state index in [4.69, 9.17) is 21.1 Å². The Bertz CT molecular complexity index is 1470. The van der Waals surface area contributed by atoms with Crippen LogP contribution in [-0.2, 0) is 4.79 Å². The van der Waals surface area contributed by atoms with Crippen LogP contribution in [0, 0.1) is 0 Å². The number of carbonyl (C=O) groups excluding carboxylic acids is 2. The number of nitrogens with one attached hydrogen (secondary N) is 2. The number of carbonyl (C=O) groups is 2. The average molecular weight is 572 g/mol. The van der Waals surface area contributed by atoms with Crippen molar-refractivity contribution in [3.63, 3.8) is 0 Å². The zero-order chi connectivity index (χ0) is 28.9. The Morgan fingerprint density at radius 2 is 1.61 bits per heavy atom. The molecule has 212 valence electrons. The third kappa shape index (κ3) is 9.36. The van der Waals surface area contributed by atoms with Crippen molar-refractivity contribution in [3.05, 3.63) is 101 Å². The minimum atomic E-state index is -0.148. The van der Waals surface area contributed by atoms with Crippen LogP contribution in [0.2, 0.25) is 5.02 Å². The van der Waals surface area contributed by atoms with Crippen LogP contribution in [0.5, 0.6) is 11.5 Å². The van der Waals surface area contributed by atoms with E-state index in [1.807, 2.05) is 36.4 Å². The number of ketones is 1. The quantitative estimate of drug-likeness (QED) is 0.0910. The minimum absolute atomic E-state index is 0.0415. The predicted molar refractivity (Wildman–Crippen MR) is 165 cm³/mol. The molecular formula is C33H34ClN3O4. The van der Waals surface area contributed by atoms with Crippen LogP contribution in [-0.4, -0.2) is 43.5 Å². The van der Waals surface area contributed by atoms with E-state index in [0.717, 1.165) is 54.4 Å². The summed E-state index contributed by atoms with van der Waals surface area (Å²) in [4.78, 5) is 28.8. The Kier molecular flexibility index (Phi) is 11.1. The number of allylic oxidation sites excluding steroid dienone is 1. The number of unbranched alkanes of at least 4 members (excludes halogenated alkanes) is 3. The molecule has 0 saturated heterocycles. The van der Waals surface area contributed by atoms with Gasteiger partial charge < -0.3 is 20.1 Å². The van der Waals surface area contributed by atoms with Crippen molar-refractivity contribution in [1.82, 2.24) is 10.3 Å². The van der Waals surface area contributed by atoms with Crippen molar-refractivity contribution in [1.29, 1.82) is 0 Å². The summed E-state index contributed by atoms with van der Waals surface area (Å²) in [6.45, 7) is 1.45. The highest BCUT2D eigenvalue weighted by Gasteiger charge is 2.05. The summed E-state index contributed by atoms with van der Waals surface area (Å²) < 4.78 is 10.7. The number of hydrogen-bond acceptors (Lipinski definition) is 6. The molecule has 0 spiro atoms. The standard InChI is InChI=1S/C33H34ClN3O4/c1-40-27-14-9-25(10-15-27)32(38)17-8-24-6-12-28(13-7-24)41-23-33(39)37-20-5-3-2-4-19-35-30-18-21-36-31-22-26(34)11-16-29(30)31/h6-18,21-22H,2-5,19-20,23H2,1H3,(H,35,36)(H,37,39)/b17-8+. The number of nitrogens with zero attached hydrogens (tertiary/aromatic N) is 1. The van der Waals surface area contributed by atoms with Gasteiger partial charge in [-0.25, -0.2) is 0 Å². The maximum atomic E-state index is 12.3. The monoisotopic (exact) mass is 571 g/mol. The molecule has 0 aliphatic rings. The first-order chi connectivity index (χ1) is 20.0. The average Bonchev–Trinajstić information content (AvgIpc) is 3.00. The highest BCUT2D eigenvalue weighted by atomic mass is 35.5. The van der Waals surface area contributed by atoms with Crippen molar-refractivity contribution in [2.45, 2.75) is 25.7 Å². The number of amides is 1. The third-order valence-electron chi connectivity index (χ3n) is 6.50. The highest BCUT2D eigenvalue weighted by molar-refractivity contribution is 6.31. The number of hydrogen-bond donors (Lipinski definition) is 2. The summed E-state index contributed by atoms with van der Waals surface area (Å²) >= 11 is 6.06. The summed E-state index contributed by atoms with van der Waals surface area (Å²) in [6, 6.07) is 21.9. The van der Waals surface area contributed by atoms with E-state index in [1.165, 1.54) is 6.08 Å². The summed E-state index contributed by atoms with van der Waals surface area (Å²) in [7, 11) is 1.59. The van der Waals surface area contributed by atoms with E-state index >= 15 is 0 Å². The van der Waals surface area contributed by atoms with Crippen LogP contribution in [0.3, 0.4) is 0 Å². The number of methoxy groups -OCH3 is 1. The maximum Gasteiger partial charge on any atom is 0.257 e. The van der Waals surface area contributed by atoms with Gasteiger partial charge in [0.2, 0.25) is 0 Å². The van der Waals surface area contributed by atoms with Crippen LogP contribution in [0.15, 0.2) is 85.1 Å². The van der Waals surface area contributed by atoms with E-state index in [-0.39, 0.29) is 18.3 Å². The Balaban J connectivity index is 1.06. The van der Waals surface area contributed by atoms with E-state index < -0.39 is 0 Å². The molecule has 1 aromatic heterocycles. The Hall–Kier alpha value is -4.36. The minimum Gasteiger partial charge on any atom is -0.497 e. The maximum absolute atomic E-state index is 12.3. The first kappa shape index (κ1) is 29.6. The molecule has 0 fully saturated rings. The zero-order valence-corrected chi connectivity index (χ0v) is 23.8. The summed E-state index contributed by atoms with van der Waals surface area (Å²) in [5.74, 6) is 1.06. The van der Waals surface area contributed by atoms with E-state index in [9.17, 15) is 9.59 Å². The second-order valence-electron chi connectivity index (χ2n) is 9.49. The van der Waals surface area contributed by atoms with Gasteiger partial charge in [-0.05, 0) is 85.1 Å². The van der Waals surface area contributed by atoms with Gasteiger partial charge in [0, 0.05) is 40.9 Å². The van der Waals surface area contributed by atoms with Gasteiger partial charge in [0.25, 0.3) is 5.91 Å². The van der Waals surface area contributed by atoms with E-state index in [1.54, 1.807) is 55.8 Å². The van der Waals surface area contributed by atoms with Crippen LogP contribution >= 0.6 is 11.6 Å². The molecule has 0 atom stereocenters. The lowest BCUT2D eigenvalue weighted by atomic mass is 10.1. The van der Waals surface area contributed by atoms with Crippen molar-refractivity contribution in [3.8, 4) is 11.5 Å². The van der Waals surface area contributed by atoms with Crippen LogP contribution in [0.25, 0.3) is 17.0 Å². The van der Waals surface area contributed by atoms with Gasteiger partial charge in [-0.15, -0.1) is 0 Å². The van der Waals surface area contributed by atoms with Crippen molar-refractivity contribution < 1.29 is 19.1 Å². The first-order valence-corrected chi connectivity index (χ1v) is 14.0. The molecule has 3 aromatic carbocycles. The number of benzene rings is 3. The zero-order valence-electron chi connectivity index (χ0n) is 23.1. The Labute approximate surface area is 245 Å². The lowest BCUT2D eigenvalue weighted by molar-refractivity contribution is -0.123. The van der Waals surface area contributed by atoms with Crippen molar-refractivity contribution in [2.24, 2.45) is 0 Å². The number of anilines is 1. The molecule has 41 heavy (non-hydrogen) atoms. The number of pyridine rings is 1. The Morgan fingerprint density at radius 3 is 2.37 bits per heavy atom. The fraction of sp³-hybridized carbons (Fsp3) is 0.242. The second-order valence-corrected chi connectivity index (χ2v) is 9.93. The molecule has 4 rings (SSSR count). The predicted octanol–water partition coefficient (Wildman–Crippen LogP) is 6.96. The normalized spacial score (nSPS) is 11.0. The topological polar surface area (TPSA) is 89.5 Å². The van der Waals surface area contributed by atoms with Gasteiger partial charge in [-0.3, -0.25) is 14.6 Å². The van der Waals surface area contributed by atoms with Gasteiger partial charge in [0.1, 0.15) is 11.5 Å². The molecule has 4 aromatic rings. The fourth-order valence-corrected chi connectivity index (χ4v) is 4.39. The molecule has 2 N–H and O–H groups in total. The lowest BCUT2D eigenvalue weighted by Crippen LogP contribution is -2.29. The first-order valence-electron chi connectivity index (χ1n) is 13.7. The van der Waals surface area contributed by atoms with Gasteiger partial charge >= 0.3 is 0 Å². The molecule has 0 bridgehead atoms. The van der Waals surface area contributed by atoms with Gasteiger partial charge in [-0.2, -0.15) is 0 Å². The Morgan fingerprint density at radius 1 is 0.878 bits per heavy atom. The second kappa shape index (κ2) is 15.4. The van der Waals surface area contributed by atoms with E-state index in [0.29, 0.717) is 28.6 Å². The molecule has 0 unspecified atom stereocenters. The smallest absolute Gasteiger partial charge is 0.257 e. The van der Waals surface area contributed by atoms with Gasteiger partial charge in [0.05, 0.1) is 12.6 Å². The summed E-state index contributed by atoms with van der Waals surface area (Å²) in [5.41, 5.74) is 3.39. The third-order valence-corrected chi connectivity index (χ3v) is 6.73. The van der Waals surface area contributed by atoms with Crippen LogP contribution in [0.1, 0.15) is 41.6 Å². The van der Waals surface area contributed by atoms with Crippen LogP contribution in [0.4, 0.5) is 5.69 Å². The SMILES string of the molecule is COc1ccc(C(=O)/C=C/c2ccc(OCC(=O)NCCCCCCNc3ccnc4cc(Cl)ccc34)cc2)cc1. The van der Waals surface area contributed by atoms with Crippen molar-refractivity contribution in [2.75, 3.05) is 32.1 Å². The van der Waals surface area contributed by atoms with E-state index in [2.05, 4.69) is 15.6 Å².